The molecule has 8 heteroatoms. The molecular weight excluding hydrogens is 586 g/mol. The molecule has 6 nitrogen and oxygen atoms in total. The summed E-state index contributed by atoms with van der Waals surface area (Å²) in [7, 11) is 0. The Morgan fingerprint density at radius 1 is 0.714 bits per heavy atom. The highest BCUT2D eigenvalue weighted by atomic mass is 127. The fourth-order valence-corrected chi connectivity index (χ4v) is 3.22. The summed E-state index contributed by atoms with van der Waals surface area (Å²) in [6.07, 6.45) is 1.01. The maximum Gasteiger partial charge on any atom is 0.365 e. The van der Waals surface area contributed by atoms with Crippen molar-refractivity contribution in [3.8, 4) is 0 Å². The zero-order chi connectivity index (χ0) is 20.5. The molecule has 2 unspecified atom stereocenters. The molecule has 0 aromatic heterocycles. The van der Waals surface area contributed by atoms with Crippen LogP contribution in [0.15, 0.2) is 48.5 Å². The number of benzene rings is 2. The number of rotatable bonds is 9. The van der Waals surface area contributed by atoms with Crippen molar-refractivity contribution in [2.75, 3.05) is 13.2 Å². The third-order valence-corrected chi connectivity index (χ3v) is 5.47. The lowest BCUT2D eigenvalue weighted by Crippen LogP contribution is -2.66. The Kier molecular flexibility index (Phi) is 9.62. The van der Waals surface area contributed by atoms with Crippen molar-refractivity contribution in [3.63, 3.8) is 0 Å². The van der Waals surface area contributed by atoms with E-state index in [0.717, 1.165) is 18.3 Å². The van der Waals surface area contributed by atoms with Gasteiger partial charge in [-0.1, -0.05) is 24.3 Å². The minimum Gasteiger partial charge on any atom is -0.458 e. The topological polar surface area (TPSA) is 108 Å². The molecule has 2 aromatic carbocycles. The van der Waals surface area contributed by atoms with E-state index in [0.29, 0.717) is 12.8 Å². The highest BCUT2D eigenvalue weighted by Gasteiger charge is 2.21. The Bertz CT molecular complexity index is 714. The number of esters is 2. The lowest BCUT2D eigenvalue weighted by molar-refractivity contribution is -0.409. The molecule has 6 N–H and O–H groups in total. The van der Waals surface area contributed by atoms with E-state index in [-0.39, 0.29) is 13.2 Å². The largest absolute Gasteiger partial charge is 0.458 e. The summed E-state index contributed by atoms with van der Waals surface area (Å²) in [5.74, 6) is -0.806. The van der Waals surface area contributed by atoms with Crippen molar-refractivity contribution in [2.24, 2.45) is 0 Å². The summed E-state index contributed by atoms with van der Waals surface area (Å²) in [6, 6.07) is 14.8. The Morgan fingerprint density at radius 2 is 1.04 bits per heavy atom. The Balaban J connectivity index is 1.66. The molecule has 2 aromatic rings. The summed E-state index contributed by atoms with van der Waals surface area (Å²) in [4.78, 5) is 24.0. The van der Waals surface area contributed by atoms with Crippen LogP contribution in [0.2, 0.25) is 0 Å². The number of hydrogen-bond acceptors (Lipinski definition) is 4. The monoisotopic (exact) mass is 610 g/mol. The van der Waals surface area contributed by atoms with Gasteiger partial charge in [0.15, 0.2) is 12.1 Å². The van der Waals surface area contributed by atoms with Crippen molar-refractivity contribution >= 4 is 57.1 Å². The molecule has 0 saturated carbocycles. The van der Waals surface area contributed by atoms with Crippen LogP contribution in [-0.4, -0.2) is 37.2 Å². The minimum absolute atomic E-state index is 0.0134. The van der Waals surface area contributed by atoms with Crippen molar-refractivity contribution in [2.45, 2.75) is 24.9 Å². The Labute approximate surface area is 191 Å². The van der Waals surface area contributed by atoms with Gasteiger partial charge in [-0.3, -0.25) is 0 Å². The van der Waals surface area contributed by atoms with Crippen molar-refractivity contribution < 1.29 is 30.5 Å². The second-order valence-corrected chi connectivity index (χ2v) is 8.88. The maximum atomic E-state index is 12.0. The predicted molar refractivity (Wildman–Crippen MR) is 121 cm³/mol. The fourth-order valence-electron chi connectivity index (χ4n) is 2.50. The molecule has 0 amide bonds. The third kappa shape index (κ3) is 8.02. The first-order chi connectivity index (χ1) is 13.3. The van der Waals surface area contributed by atoms with Gasteiger partial charge in [-0.25, -0.2) is 9.59 Å². The van der Waals surface area contributed by atoms with E-state index >= 15 is 0 Å². The standard InChI is InChI=1S/C20H22I2N2O4/c21-15-5-1-13(2-6-15)11-17(23)19(25)27-9-10-28-20(26)18(24)12-14-3-7-16(22)8-4-14/h1-8,17-18H,9-12,23-24H2/p+2. The van der Waals surface area contributed by atoms with Gasteiger partial charge in [0, 0.05) is 20.0 Å². The van der Waals surface area contributed by atoms with E-state index in [4.69, 9.17) is 9.47 Å². The van der Waals surface area contributed by atoms with Crippen LogP contribution in [0.3, 0.4) is 0 Å². The molecule has 2 atom stereocenters. The van der Waals surface area contributed by atoms with E-state index in [1.807, 2.05) is 48.5 Å². The zero-order valence-electron chi connectivity index (χ0n) is 15.4. The second-order valence-electron chi connectivity index (χ2n) is 6.39. The first kappa shape index (κ1) is 23.0. The van der Waals surface area contributed by atoms with Gasteiger partial charge >= 0.3 is 11.9 Å². The predicted octanol–water partition coefficient (Wildman–Crippen LogP) is 0.988. The van der Waals surface area contributed by atoms with Crippen LogP contribution < -0.4 is 11.5 Å². The average molecular weight is 610 g/mol. The first-order valence-corrected chi connectivity index (χ1v) is 11.0. The van der Waals surface area contributed by atoms with E-state index < -0.39 is 24.0 Å². The van der Waals surface area contributed by atoms with Gasteiger partial charge in [0.1, 0.15) is 13.2 Å². The number of ether oxygens (including phenoxy) is 2. The normalized spacial score (nSPS) is 12.9. The van der Waals surface area contributed by atoms with Crippen LogP contribution in [0.4, 0.5) is 0 Å². The summed E-state index contributed by atoms with van der Waals surface area (Å²) < 4.78 is 12.6. The van der Waals surface area contributed by atoms with Gasteiger partial charge in [-0.05, 0) is 80.6 Å². The van der Waals surface area contributed by atoms with E-state index in [1.54, 1.807) is 0 Å². The number of carbonyl (C=O) groups excluding carboxylic acids is 2. The van der Waals surface area contributed by atoms with Crippen LogP contribution in [0.5, 0.6) is 0 Å². The van der Waals surface area contributed by atoms with Crippen molar-refractivity contribution in [3.05, 3.63) is 66.8 Å². The molecule has 2 rings (SSSR count). The van der Waals surface area contributed by atoms with Gasteiger partial charge in [-0.15, -0.1) is 0 Å². The van der Waals surface area contributed by atoms with Crippen LogP contribution in [0, 0.1) is 7.14 Å². The number of halogens is 2. The Morgan fingerprint density at radius 3 is 1.36 bits per heavy atom. The average Bonchev–Trinajstić information content (AvgIpc) is 2.68. The molecule has 0 heterocycles. The SMILES string of the molecule is [NH3+]C(Cc1ccc(I)cc1)C(=O)OCCOC(=O)C([NH3+])Cc1ccc(I)cc1. The number of quaternary nitrogens is 2. The molecule has 0 aliphatic rings. The molecule has 0 aliphatic carbocycles. The number of carbonyl (C=O) groups is 2. The molecule has 0 bridgehead atoms. The second kappa shape index (κ2) is 11.7. The van der Waals surface area contributed by atoms with Gasteiger partial charge in [0.2, 0.25) is 0 Å². The highest BCUT2D eigenvalue weighted by Crippen LogP contribution is 2.09. The van der Waals surface area contributed by atoms with E-state index in [9.17, 15) is 9.59 Å². The lowest BCUT2D eigenvalue weighted by Gasteiger charge is -2.11. The first-order valence-electron chi connectivity index (χ1n) is 8.83. The van der Waals surface area contributed by atoms with Crippen LogP contribution >= 0.6 is 45.2 Å². The van der Waals surface area contributed by atoms with Crippen LogP contribution in [0.25, 0.3) is 0 Å². The highest BCUT2D eigenvalue weighted by molar-refractivity contribution is 14.1. The molecule has 150 valence electrons. The maximum absolute atomic E-state index is 12.0. The van der Waals surface area contributed by atoms with Crippen LogP contribution in [0.1, 0.15) is 11.1 Å². The smallest absolute Gasteiger partial charge is 0.365 e. The summed E-state index contributed by atoms with van der Waals surface area (Å²) in [6.45, 7) is 0.0269. The molecule has 0 aliphatic heterocycles. The molecular formula is C20H24I2N2O4+2. The summed E-state index contributed by atoms with van der Waals surface area (Å²) in [5.41, 5.74) is 9.77. The molecule has 0 fully saturated rings. The summed E-state index contributed by atoms with van der Waals surface area (Å²) in [5, 5.41) is 0. The molecule has 28 heavy (non-hydrogen) atoms. The van der Waals surface area contributed by atoms with Crippen LogP contribution in [-0.2, 0) is 31.9 Å². The van der Waals surface area contributed by atoms with Gasteiger partial charge in [0.25, 0.3) is 0 Å². The zero-order valence-corrected chi connectivity index (χ0v) is 19.7. The van der Waals surface area contributed by atoms with E-state index in [2.05, 4.69) is 56.6 Å². The van der Waals surface area contributed by atoms with Gasteiger partial charge in [-0.2, -0.15) is 0 Å². The van der Waals surface area contributed by atoms with Gasteiger partial charge < -0.3 is 20.9 Å². The number of hydrogen-bond donors (Lipinski definition) is 2. The molecule has 0 saturated heterocycles. The quantitative estimate of drug-likeness (QED) is 0.251. The third-order valence-electron chi connectivity index (χ3n) is 4.03. The lowest BCUT2D eigenvalue weighted by atomic mass is 10.1. The van der Waals surface area contributed by atoms with Crippen molar-refractivity contribution in [1.82, 2.24) is 0 Å². The molecule has 0 spiro atoms. The summed E-state index contributed by atoms with van der Waals surface area (Å²) >= 11 is 4.46. The van der Waals surface area contributed by atoms with Crippen molar-refractivity contribution in [1.29, 1.82) is 0 Å². The van der Waals surface area contributed by atoms with E-state index in [1.165, 1.54) is 0 Å². The minimum atomic E-state index is -0.503. The Hall–Kier alpha value is -1.24. The fraction of sp³-hybridized carbons (Fsp3) is 0.300. The van der Waals surface area contributed by atoms with Gasteiger partial charge in [0.05, 0.1) is 0 Å². The molecule has 0 radical (unpaired) electrons.